The topological polar surface area (TPSA) is 44.8 Å². The van der Waals surface area contributed by atoms with Gasteiger partial charge in [0.2, 0.25) is 5.95 Å². The van der Waals surface area contributed by atoms with Gasteiger partial charge in [0.15, 0.2) is 0 Å². The van der Waals surface area contributed by atoms with Crippen LogP contribution in [0.4, 0.5) is 22.0 Å². The molecule has 3 heterocycles. The van der Waals surface area contributed by atoms with Gasteiger partial charge in [0.1, 0.15) is 5.82 Å². The number of hydrogen-bond acceptors (Lipinski definition) is 3. The van der Waals surface area contributed by atoms with E-state index in [1.807, 2.05) is 0 Å². The second kappa shape index (κ2) is 6.26. The van der Waals surface area contributed by atoms with Gasteiger partial charge in [-0.1, -0.05) is 6.07 Å². The molecule has 142 valence electrons. The minimum absolute atomic E-state index is 0.00406. The van der Waals surface area contributed by atoms with Gasteiger partial charge in [-0.05, 0) is 42.2 Å². The van der Waals surface area contributed by atoms with Crippen LogP contribution in [0.5, 0.6) is 0 Å². The lowest BCUT2D eigenvalue weighted by Crippen LogP contribution is -2.42. The van der Waals surface area contributed by atoms with Crippen molar-refractivity contribution >= 4 is 10.9 Å². The first-order valence-electron chi connectivity index (χ1n) is 8.33. The van der Waals surface area contributed by atoms with E-state index in [0.29, 0.717) is 22.2 Å². The third kappa shape index (κ3) is 3.16. The molecule has 0 amide bonds. The van der Waals surface area contributed by atoms with Crippen LogP contribution in [0.1, 0.15) is 28.4 Å². The zero-order chi connectivity index (χ0) is 19.3. The smallest absolute Gasteiger partial charge is 0.282 e. The number of H-pyrrole nitrogens is 1. The number of fused-ring (bicyclic) bond motifs is 3. The van der Waals surface area contributed by atoms with Crippen LogP contribution >= 0.6 is 0 Å². The molecule has 0 saturated heterocycles. The molecule has 0 radical (unpaired) electrons. The molecule has 0 aliphatic carbocycles. The van der Waals surface area contributed by atoms with Gasteiger partial charge in [-0.25, -0.2) is 4.39 Å². The first-order chi connectivity index (χ1) is 12.7. The van der Waals surface area contributed by atoms with Gasteiger partial charge in [0, 0.05) is 12.7 Å². The Balaban J connectivity index is 1.92. The Kier molecular flexibility index (Phi) is 4.14. The number of benzene rings is 1. The van der Waals surface area contributed by atoms with Gasteiger partial charge in [-0.3, -0.25) is 15.0 Å². The molecule has 9 heteroatoms. The van der Waals surface area contributed by atoms with Crippen molar-refractivity contribution in [2.45, 2.75) is 25.6 Å². The van der Waals surface area contributed by atoms with Crippen molar-refractivity contribution in [2.24, 2.45) is 0 Å². The van der Waals surface area contributed by atoms with Gasteiger partial charge >= 0.3 is 6.18 Å². The molecule has 1 unspecified atom stereocenters. The van der Waals surface area contributed by atoms with Gasteiger partial charge in [0.25, 0.3) is 0 Å². The average molecular weight is 382 g/mol. The standard InChI is InChI=1S/C18H15F5N4/c1-9-6-12(19)15(24-7-9)16-11-2-3-13-14(17(20)26-25-13)10(11)4-5-27(16)8-18(21,22)23/h2-3,6-7,16H,4-5,8H2,1H3,(H,25,26). The minimum atomic E-state index is -4.46. The maximum Gasteiger partial charge on any atom is 0.401 e. The second-order valence-corrected chi connectivity index (χ2v) is 6.69. The van der Waals surface area contributed by atoms with Gasteiger partial charge in [-0.15, -0.1) is 5.10 Å². The van der Waals surface area contributed by atoms with E-state index in [9.17, 15) is 22.0 Å². The zero-order valence-corrected chi connectivity index (χ0v) is 14.2. The van der Waals surface area contributed by atoms with E-state index in [1.54, 1.807) is 19.1 Å². The first-order valence-corrected chi connectivity index (χ1v) is 8.33. The van der Waals surface area contributed by atoms with Gasteiger partial charge in [-0.2, -0.15) is 17.6 Å². The molecule has 27 heavy (non-hydrogen) atoms. The number of nitrogens with one attached hydrogen (secondary N) is 1. The van der Waals surface area contributed by atoms with Crippen molar-refractivity contribution in [1.29, 1.82) is 0 Å². The van der Waals surface area contributed by atoms with E-state index in [2.05, 4.69) is 15.2 Å². The monoisotopic (exact) mass is 382 g/mol. The summed E-state index contributed by atoms with van der Waals surface area (Å²) in [5, 5.41) is 6.32. The molecule has 4 rings (SSSR count). The van der Waals surface area contributed by atoms with E-state index >= 15 is 0 Å². The van der Waals surface area contributed by atoms with Crippen molar-refractivity contribution in [3.05, 3.63) is 58.5 Å². The molecule has 1 aliphatic rings. The van der Waals surface area contributed by atoms with Crippen LogP contribution in [0, 0.1) is 18.7 Å². The Labute approximate surface area is 151 Å². The summed E-state index contributed by atoms with van der Waals surface area (Å²) in [5.74, 6) is -1.41. The van der Waals surface area contributed by atoms with Crippen LogP contribution in [0.2, 0.25) is 0 Å². The fourth-order valence-electron chi connectivity index (χ4n) is 3.73. The number of rotatable bonds is 2. The fourth-order valence-corrected chi connectivity index (χ4v) is 3.73. The molecule has 1 aliphatic heterocycles. The number of pyridine rings is 1. The summed E-state index contributed by atoms with van der Waals surface area (Å²) in [6, 6.07) is 3.30. The molecule has 3 aromatic rings. The lowest BCUT2D eigenvalue weighted by molar-refractivity contribution is -0.150. The Bertz CT molecular complexity index is 1010. The summed E-state index contributed by atoms with van der Waals surface area (Å²) in [6.45, 7) is 0.431. The highest BCUT2D eigenvalue weighted by Gasteiger charge is 2.39. The quantitative estimate of drug-likeness (QED) is 0.680. The van der Waals surface area contributed by atoms with Crippen molar-refractivity contribution in [1.82, 2.24) is 20.1 Å². The molecule has 2 aromatic heterocycles. The molecule has 0 fully saturated rings. The largest absolute Gasteiger partial charge is 0.401 e. The van der Waals surface area contributed by atoms with Crippen molar-refractivity contribution in [2.75, 3.05) is 13.1 Å². The second-order valence-electron chi connectivity index (χ2n) is 6.69. The van der Waals surface area contributed by atoms with Crippen LogP contribution in [0.15, 0.2) is 24.4 Å². The SMILES string of the molecule is Cc1cnc(C2c3ccc4[nH]nc(F)c4c3CCN2CC(F)(F)F)c(F)c1. The van der Waals surface area contributed by atoms with Crippen LogP contribution < -0.4 is 0 Å². The van der Waals surface area contributed by atoms with E-state index < -0.39 is 30.5 Å². The first kappa shape index (κ1) is 17.8. The lowest BCUT2D eigenvalue weighted by Gasteiger charge is -2.37. The number of alkyl halides is 3. The van der Waals surface area contributed by atoms with Crippen LogP contribution in [-0.2, 0) is 6.42 Å². The number of aromatic amines is 1. The number of nitrogens with zero attached hydrogens (tertiary/aromatic N) is 3. The normalized spacial score (nSPS) is 18.1. The van der Waals surface area contributed by atoms with Crippen molar-refractivity contribution in [3.8, 4) is 0 Å². The van der Waals surface area contributed by atoms with E-state index in [4.69, 9.17) is 0 Å². The van der Waals surface area contributed by atoms with Crippen molar-refractivity contribution < 1.29 is 22.0 Å². The molecule has 0 saturated carbocycles. The Morgan fingerprint density at radius 3 is 2.74 bits per heavy atom. The average Bonchev–Trinajstić information content (AvgIpc) is 2.96. The fraction of sp³-hybridized carbons (Fsp3) is 0.333. The summed E-state index contributed by atoms with van der Waals surface area (Å²) >= 11 is 0. The summed E-state index contributed by atoms with van der Waals surface area (Å²) in [6.07, 6.45) is -2.85. The molecule has 1 atom stereocenters. The Hall–Kier alpha value is -2.55. The summed E-state index contributed by atoms with van der Waals surface area (Å²) in [7, 11) is 0. The third-order valence-electron chi connectivity index (χ3n) is 4.79. The third-order valence-corrected chi connectivity index (χ3v) is 4.79. The molecular weight excluding hydrogens is 367 g/mol. The van der Waals surface area contributed by atoms with Gasteiger partial charge < -0.3 is 0 Å². The number of aryl methyl sites for hydroxylation is 1. The van der Waals surface area contributed by atoms with Crippen molar-refractivity contribution in [3.63, 3.8) is 0 Å². The molecule has 1 N–H and O–H groups in total. The lowest BCUT2D eigenvalue weighted by atomic mass is 9.88. The summed E-state index contributed by atoms with van der Waals surface area (Å²) < 4.78 is 68.1. The highest BCUT2D eigenvalue weighted by molar-refractivity contribution is 5.84. The van der Waals surface area contributed by atoms with Gasteiger partial charge in [0.05, 0.1) is 29.2 Å². The van der Waals surface area contributed by atoms with Crippen LogP contribution in [0.25, 0.3) is 10.9 Å². The molecule has 0 bridgehead atoms. The van der Waals surface area contributed by atoms with Crippen LogP contribution in [0.3, 0.4) is 0 Å². The predicted molar refractivity (Wildman–Crippen MR) is 88.2 cm³/mol. The highest BCUT2D eigenvalue weighted by atomic mass is 19.4. The van der Waals surface area contributed by atoms with E-state index in [-0.39, 0.29) is 24.0 Å². The number of halogens is 5. The Morgan fingerprint density at radius 1 is 1.26 bits per heavy atom. The number of aromatic nitrogens is 3. The minimum Gasteiger partial charge on any atom is -0.282 e. The molecular formula is C18H15F5N4. The number of hydrogen-bond donors (Lipinski definition) is 1. The summed E-state index contributed by atoms with van der Waals surface area (Å²) in [4.78, 5) is 5.20. The zero-order valence-electron chi connectivity index (χ0n) is 14.2. The van der Waals surface area contributed by atoms with Crippen LogP contribution in [-0.4, -0.2) is 39.3 Å². The Morgan fingerprint density at radius 2 is 2.04 bits per heavy atom. The molecule has 1 aromatic carbocycles. The highest BCUT2D eigenvalue weighted by Crippen LogP contribution is 2.40. The molecule has 4 nitrogen and oxygen atoms in total. The van der Waals surface area contributed by atoms with E-state index in [0.717, 1.165) is 4.90 Å². The molecule has 0 spiro atoms. The predicted octanol–water partition coefficient (Wildman–Crippen LogP) is 4.05. The maximum atomic E-state index is 14.6. The maximum absolute atomic E-state index is 14.6. The van der Waals surface area contributed by atoms with E-state index in [1.165, 1.54) is 12.3 Å². The summed E-state index contributed by atoms with van der Waals surface area (Å²) in [5.41, 5.74) is 1.85.